The van der Waals surface area contributed by atoms with Gasteiger partial charge >= 0.3 is 0 Å². The van der Waals surface area contributed by atoms with E-state index in [4.69, 9.17) is 4.42 Å². The van der Waals surface area contributed by atoms with Crippen molar-refractivity contribution in [3.05, 3.63) is 23.2 Å². The van der Waals surface area contributed by atoms with Crippen molar-refractivity contribution in [2.24, 2.45) is 0 Å². The fourth-order valence-corrected chi connectivity index (χ4v) is 4.21. The van der Waals surface area contributed by atoms with Crippen molar-refractivity contribution in [2.75, 3.05) is 6.54 Å². The second kappa shape index (κ2) is 5.48. The first-order chi connectivity index (χ1) is 10.0. The number of rotatable bonds is 3. The highest BCUT2D eigenvalue weighted by Crippen LogP contribution is 2.37. The van der Waals surface area contributed by atoms with E-state index in [0.29, 0.717) is 12.5 Å². The Hall–Kier alpha value is -1.29. The first-order valence-corrected chi connectivity index (χ1v) is 8.15. The zero-order chi connectivity index (χ0) is 15.0. The number of carbonyl (C=O) groups is 1. The molecule has 21 heavy (non-hydrogen) atoms. The molecule has 4 nitrogen and oxygen atoms in total. The largest absolute Gasteiger partial charge is 0.465 e. The lowest BCUT2D eigenvalue weighted by Crippen LogP contribution is -2.61. The molecule has 3 rings (SSSR count). The van der Waals surface area contributed by atoms with Gasteiger partial charge in [-0.2, -0.15) is 0 Å². The van der Waals surface area contributed by atoms with Gasteiger partial charge in [-0.05, 0) is 57.7 Å². The average molecular weight is 290 g/mol. The van der Waals surface area contributed by atoms with Gasteiger partial charge in [-0.1, -0.05) is 6.92 Å². The third kappa shape index (κ3) is 2.61. The lowest BCUT2D eigenvalue weighted by atomic mass is 9.78. The van der Waals surface area contributed by atoms with Gasteiger partial charge in [0.1, 0.15) is 11.5 Å². The molecule has 0 radical (unpaired) electrons. The van der Waals surface area contributed by atoms with Crippen LogP contribution in [0.3, 0.4) is 0 Å². The Balaban J connectivity index is 1.79. The minimum atomic E-state index is 0.000759. The van der Waals surface area contributed by atoms with Gasteiger partial charge in [0.15, 0.2) is 0 Å². The van der Waals surface area contributed by atoms with Crippen LogP contribution in [-0.2, 0) is 11.3 Å². The highest BCUT2D eigenvalue weighted by atomic mass is 16.3. The summed E-state index contributed by atoms with van der Waals surface area (Å²) in [6.07, 6.45) is 5.00. The topological polar surface area (TPSA) is 45.5 Å². The quantitative estimate of drug-likeness (QED) is 0.931. The Morgan fingerprint density at radius 3 is 2.81 bits per heavy atom. The minimum absolute atomic E-state index is 0.000759. The summed E-state index contributed by atoms with van der Waals surface area (Å²) in [6.45, 7) is 8.28. The number of nitrogens with zero attached hydrogens (tertiary/aromatic N) is 1. The number of amides is 1. The maximum absolute atomic E-state index is 11.7. The molecule has 1 spiro atoms. The first-order valence-electron chi connectivity index (χ1n) is 8.15. The molecule has 0 unspecified atom stereocenters. The Bertz CT molecular complexity index is 517. The summed E-state index contributed by atoms with van der Waals surface area (Å²) in [5.41, 5.74) is 1.22. The fraction of sp³-hybridized carbons (Fsp3) is 0.706. The number of likely N-dealkylation sites (tertiary alicyclic amines) is 1. The van der Waals surface area contributed by atoms with Gasteiger partial charge in [-0.15, -0.1) is 0 Å². The summed E-state index contributed by atoms with van der Waals surface area (Å²) in [5, 5.41) is 3.29. The van der Waals surface area contributed by atoms with E-state index in [1.807, 2.05) is 6.92 Å². The molecule has 0 saturated carbocycles. The number of carbonyl (C=O) groups excluding carboxylic acids is 1. The van der Waals surface area contributed by atoms with Crippen LogP contribution in [0.15, 0.2) is 10.5 Å². The molecule has 2 aliphatic rings. The van der Waals surface area contributed by atoms with E-state index in [9.17, 15) is 4.79 Å². The Morgan fingerprint density at radius 1 is 1.43 bits per heavy atom. The van der Waals surface area contributed by atoms with Crippen LogP contribution < -0.4 is 5.32 Å². The molecule has 116 valence electrons. The molecule has 2 atom stereocenters. The lowest BCUT2D eigenvalue weighted by Gasteiger charge is -2.47. The molecule has 2 aliphatic heterocycles. The van der Waals surface area contributed by atoms with Gasteiger partial charge in [-0.25, -0.2) is 0 Å². The molecular weight excluding hydrogens is 264 g/mol. The van der Waals surface area contributed by atoms with Crippen LogP contribution in [0.2, 0.25) is 0 Å². The standard InChI is InChI=1S/C17H26N2O2/c1-4-15-17(8-6-16(20)18-17)7-5-9-19(15)11-14-10-12(2)13(3)21-14/h10,15H,4-9,11H2,1-3H3,(H,18,20)/t15-,17-/m0/s1. The number of piperidine rings is 1. The molecule has 2 fully saturated rings. The number of hydrogen-bond acceptors (Lipinski definition) is 3. The third-order valence-electron chi connectivity index (χ3n) is 5.30. The molecule has 2 saturated heterocycles. The van der Waals surface area contributed by atoms with E-state index in [1.165, 1.54) is 5.56 Å². The van der Waals surface area contributed by atoms with Crippen LogP contribution in [-0.4, -0.2) is 28.9 Å². The minimum Gasteiger partial charge on any atom is -0.465 e. The van der Waals surface area contributed by atoms with Crippen molar-refractivity contribution in [3.63, 3.8) is 0 Å². The van der Waals surface area contributed by atoms with Gasteiger partial charge in [0.2, 0.25) is 5.91 Å². The van der Waals surface area contributed by atoms with E-state index in [-0.39, 0.29) is 11.4 Å². The van der Waals surface area contributed by atoms with Crippen molar-refractivity contribution in [2.45, 2.75) is 71.0 Å². The molecule has 4 heteroatoms. The number of aryl methyl sites for hydroxylation is 2. The molecule has 1 aromatic rings. The normalized spacial score (nSPS) is 30.0. The lowest BCUT2D eigenvalue weighted by molar-refractivity contribution is -0.120. The van der Waals surface area contributed by atoms with Crippen LogP contribution in [0, 0.1) is 13.8 Å². The summed E-state index contributed by atoms with van der Waals surface area (Å²) in [4.78, 5) is 14.2. The predicted molar refractivity (Wildman–Crippen MR) is 82.0 cm³/mol. The second-order valence-corrected chi connectivity index (χ2v) is 6.65. The van der Waals surface area contributed by atoms with Gasteiger partial charge in [0.25, 0.3) is 0 Å². The highest BCUT2D eigenvalue weighted by Gasteiger charge is 2.47. The van der Waals surface area contributed by atoms with Crippen LogP contribution in [0.1, 0.15) is 56.1 Å². The molecule has 0 aliphatic carbocycles. The van der Waals surface area contributed by atoms with Gasteiger partial charge in [-0.3, -0.25) is 9.69 Å². The van der Waals surface area contributed by atoms with Crippen LogP contribution in [0.25, 0.3) is 0 Å². The van der Waals surface area contributed by atoms with E-state index in [1.54, 1.807) is 0 Å². The second-order valence-electron chi connectivity index (χ2n) is 6.65. The van der Waals surface area contributed by atoms with E-state index in [2.05, 4.69) is 30.1 Å². The summed E-state index contributed by atoms with van der Waals surface area (Å²) in [5.74, 6) is 2.28. The Kier molecular flexibility index (Phi) is 3.82. The Labute approximate surface area is 126 Å². The molecule has 0 aromatic carbocycles. The number of furan rings is 1. The van der Waals surface area contributed by atoms with E-state index < -0.39 is 0 Å². The zero-order valence-electron chi connectivity index (χ0n) is 13.4. The molecular formula is C17H26N2O2. The molecule has 1 amide bonds. The first kappa shape index (κ1) is 14.6. The Morgan fingerprint density at radius 2 is 2.24 bits per heavy atom. The average Bonchev–Trinajstić information content (AvgIpc) is 2.94. The molecule has 0 bridgehead atoms. The van der Waals surface area contributed by atoms with E-state index in [0.717, 1.165) is 50.3 Å². The summed E-state index contributed by atoms with van der Waals surface area (Å²) < 4.78 is 5.85. The SMILES string of the molecule is CC[C@@H]1N(Cc2cc(C)c(C)o2)CCC[C@]12CCC(=O)N2. The number of hydrogen-bond donors (Lipinski definition) is 1. The van der Waals surface area contributed by atoms with Crippen LogP contribution in [0.4, 0.5) is 0 Å². The van der Waals surface area contributed by atoms with Crippen molar-refractivity contribution >= 4 is 5.91 Å². The monoisotopic (exact) mass is 290 g/mol. The van der Waals surface area contributed by atoms with Crippen LogP contribution >= 0.6 is 0 Å². The smallest absolute Gasteiger partial charge is 0.220 e. The van der Waals surface area contributed by atoms with Gasteiger partial charge in [0, 0.05) is 12.5 Å². The highest BCUT2D eigenvalue weighted by molar-refractivity contribution is 5.79. The summed E-state index contributed by atoms with van der Waals surface area (Å²) in [6, 6.07) is 2.57. The third-order valence-corrected chi connectivity index (χ3v) is 5.30. The van der Waals surface area contributed by atoms with Crippen LogP contribution in [0.5, 0.6) is 0 Å². The number of nitrogens with one attached hydrogen (secondary N) is 1. The maximum Gasteiger partial charge on any atom is 0.220 e. The zero-order valence-corrected chi connectivity index (χ0v) is 13.4. The van der Waals surface area contributed by atoms with Crippen molar-refractivity contribution in [1.82, 2.24) is 10.2 Å². The van der Waals surface area contributed by atoms with Gasteiger partial charge in [0.05, 0.1) is 12.1 Å². The fourth-order valence-electron chi connectivity index (χ4n) is 4.21. The molecule has 1 aromatic heterocycles. The molecule has 3 heterocycles. The summed E-state index contributed by atoms with van der Waals surface area (Å²) >= 11 is 0. The predicted octanol–water partition coefficient (Wildman–Crippen LogP) is 2.92. The van der Waals surface area contributed by atoms with Crippen molar-refractivity contribution < 1.29 is 9.21 Å². The van der Waals surface area contributed by atoms with E-state index >= 15 is 0 Å². The summed E-state index contributed by atoms with van der Waals surface area (Å²) in [7, 11) is 0. The molecule has 1 N–H and O–H groups in total. The van der Waals surface area contributed by atoms with Gasteiger partial charge < -0.3 is 9.73 Å². The van der Waals surface area contributed by atoms with Crippen molar-refractivity contribution in [1.29, 1.82) is 0 Å². The maximum atomic E-state index is 11.7. The van der Waals surface area contributed by atoms with Crippen molar-refractivity contribution in [3.8, 4) is 0 Å².